The van der Waals surface area contributed by atoms with Crippen LogP contribution in [0.2, 0.25) is 0 Å². The Labute approximate surface area is 117 Å². The van der Waals surface area contributed by atoms with Crippen LogP contribution in [0.3, 0.4) is 0 Å². The molecule has 18 heavy (non-hydrogen) atoms. The number of nitrogens with two attached hydrogens (primary N) is 1. The summed E-state index contributed by atoms with van der Waals surface area (Å²) >= 11 is 3.23. The SMILES string of the molecule is CC1(C)CCCC1C(N)Cc1ccc(F)c(Br)c1. The van der Waals surface area contributed by atoms with E-state index in [0.29, 0.717) is 15.8 Å². The second kappa shape index (κ2) is 5.30. The summed E-state index contributed by atoms with van der Waals surface area (Å²) in [5.41, 5.74) is 7.82. The van der Waals surface area contributed by atoms with Gasteiger partial charge in [0.2, 0.25) is 0 Å². The van der Waals surface area contributed by atoms with E-state index in [1.165, 1.54) is 25.3 Å². The third kappa shape index (κ3) is 2.94. The number of halogens is 2. The van der Waals surface area contributed by atoms with Crippen LogP contribution in [0, 0.1) is 17.2 Å². The molecule has 1 aromatic rings. The van der Waals surface area contributed by atoms with E-state index in [1.54, 1.807) is 0 Å². The summed E-state index contributed by atoms with van der Waals surface area (Å²) in [6.45, 7) is 4.62. The minimum absolute atomic E-state index is 0.167. The first-order valence-corrected chi connectivity index (χ1v) is 7.39. The molecule has 1 aliphatic carbocycles. The van der Waals surface area contributed by atoms with Gasteiger partial charge in [-0.15, -0.1) is 0 Å². The van der Waals surface area contributed by atoms with E-state index in [0.717, 1.165) is 12.0 Å². The summed E-state index contributed by atoms with van der Waals surface area (Å²) in [5, 5.41) is 0. The van der Waals surface area contributed by atoms with Gasteiger partial charge >= 0.3 is 0 Å². The van der Waals surface area contributed by atoms with Gasteiger partial charge in [-0.2, -0.15) is 0 Å². The van der Waals surface area contributed by atoms with E-state index in [2.05, 4.69) is 29.8 Å². The standard InChI is InChI=1S/C15H21BrFN/c1-15(2)7-3-4-11(15)14(18)9-10-5-6-13(17)12(16)8-10/h5-6,8,11,14H,3-4,7,9,18H2,1-2H3. The molecule has 0 amide bonds. The fourth-order valence-electron chi connectivity index (χ4n) is 3.23. The zero-order valence-corrected chi connectivity index (χ0v) is 12.6. The molecule has 2 N–H and O–H groups in total. The van der Waals surface area contributed by atoms with Crippen molar-refractivity contribution in [3.05, 3.63) is 34.1 Å². The van der Waals surface area contributed by atoms with Gasteiger partial charge in [-0.25, -0.2) is 4.39 Å². The Bertz CT molecular complexity index is 431. The number of rotatable bonds is 3. The van der Waals surface area contributed by atoms with Crippen LogP contribution in [-0.4, -0.2) is 6.04 Å². The third-order valence-corrected chi connectivity index (χ3v) is 4.92. The maximum absolute atomic E-state index is 13.2. The third-order valence-electron chi connectivity index (χ3n) is 4.31. The summed E-state index contributed by atoms with van der Waals surface area (Å²) in [6.07, 6.45) is 4.58. The Morgan fingerprint density at radius 3 is 2.78 bits per heavy atom. The van der Waals surface area contributed by atoms with Crippen LogP contribution in [0.5, 0.6) is 0 Å². The zero-order chi connectivity index (χ0) is 13.3. The van der Waals surface area contributed by atoms with Crippen LogP contribution in [-0.2, 0) is 6.42 Å². The van der Waals surface area contributed by atoms with Crippen molar-refractivity contribution < 1.29 is 4.39 Å². The molecule has 1 nitrogen and oxygen atoms in total. The fraction of sp³-hybridized carbons (Fsp3) is 0.600. The molecular formula is C15H21BrFN. The predicted molar refractivity (Wildman–Crippen MR) is 76.9 cm³/mol. The highest BCUT2D eigenvalue weighted by molar-refractivity contribution is 9.10. The first kappa shape index (κ1) is 14.0. The van der Waals surface area contributed by atoms with Crippen molar-refractivity contribution in [2.75, 3.05) is 0 Å². The Kier molecular flexibility index (Phi) is 4.12. The minimum atomic E-state index is -0.214. The molecule has 0 spiro atoms. The van der Waals surface area contributed by atoms with Crippen molar-refractivity contribution in [3.8, 4) is 0 Å². The van der Waals surface area contributed by atoms with Gasteiger partial charge < -0.3 is 5.73 Å². The van der Waals surface area contributed by atoms with Crippen LogP contribution >= 0.6 is 15.9 Å². The van der Waals surface area contributed by atoms with E-state index in [4.69, 9.17) is 5.73 Å². The van der Waals surface area contributed by atoms with E-state index < -0.39 is 0 Å². The van der Waals surface area contributed by atoms with Crippen LogP contribution in [0.15, 0.2) is 22.7 Å². The molecule has 0 saturated heterocycles. The molecule has 0 radical (unpaired) electrons. The molecule has 2 rings (SSSR count). The topological polar surface area (TPSA) is 26.0 Å². The second-order valence-corrected chi connectivity index (χ2v) is 6.96. The second-order valence-electron chi connectivity index (χ2n) is 6.10. The predicted octanol–water partition coefficient (Wildman–Crippen LogP) is 4.28. The Morgan fingerprint density at radius 2 is 2.22 bits per heavy atom. The van der Waals surface area contributed by atoms with E-state index >= 15 is 0 Å². The molecule has 0 bridgehead atoms. The summed E-state index contributed by atoms with van der Waals surface area (Å²) in [7, 11) is 0. The van der Waals surface area contributed by atoms with Gasteiger partial charge in [0.1, 0.15) is 5.82 Å². The van der Waals surface area contributed by atoms with Gasteiger partial charge in [-0.1, -0.05) is 26.3 Å². The van der Waals surface area contributed by atoms with Gasteiger partial charge in [-0.05, 0) is 64.2 Å². The number of hydrogen-bond acceptors (Lipinski definition) is 1. The minimum Gasteiger partial charge on any atom is -0.327 e. The van der Waals surface area contributed by atoms with Crippen molar-refractivity contribution in [2.24, 2.45) is 17.1 Å². The smallest absolute Gasteiger partial charge is 0.137 e. The Balaban J connectivity index is 2.07. The largest absolute Gasteiger partial charge is 0.327 e. The average molecular weight is 314 g/mol. The molecule has 0 heterocycles. The Hall–Kier alpha value is -0.410. The molecule has 1 aromatic carbocycles. The molecule has 3 heteroatoms. The number of hydrogen-bond donors (Lipinski definition) is 1. The molecule has 1 aliphatic rings. The quantitative estimate of drug-likeness (QED) is 0.885. The first-order valence-electron chi connectivity index (χ1n) is 6.59. The molecule has 100 valence electrons. The van der Waals surface area contributed by atoms with E-state index in [9.17, 15) is 4.39 Å². The summed E-state index contributed by atoms with van der Waals surface area (Å²) in [6, 6.07) is 5.35. The van der Waals surface area contributed by atoms with Crippen molar-refractivity contribution >= 4 is 15.9 Å². The van der Waals surface area contributed by atoms with Crippen molar-refractivity contribution in [3.63, 3.8) is 0 Å². The molecule has 0 aromatic heterocycles. The van der Waals surface area contributed by atoms with Crippen molar-refractivity contribution in [1.29, 1.82) is 0 Å². The monoisotopic (exact) mass is 313 g/mol. The number of benzene rings is 1. The average Bonchev–Trinajstić information content (AvgIpc) is 2.63. The molecule has 2 atom stereocenters. The van der Waals surface area contributed by atoms with Crippen molar-refractivity contribution in [2.45, 2.75) is 45.6 Å². The fourth-order valence-corrected chi connectivity index (χ4v) is 3.65. The van der Waals surface area contributed by atoms with Gasteiger partial charge in [-0.3, -0.25) is 0 Å². The molecule has 2 unspecified atom stereocenters. The lowest BCUT2D eigenvalue weighted by Crippen LogP contribution is -2.38. The van der Waals surface area contributed by atoms with Crippen LogP contribution in [0.4, 0.5) is 4.39 Å². The summed E-state index contributed by atoms with van der Waals surface area (Å²) in [4.78, 5) is 0. The highest BCUT2D eigenvalue weighted by Gasteiger charge is 2.37. The lowest BCUT2D eigenvalue weighted by Gasteiger charge is -2.32. The lowest BCUT2D eigenvalue weighted by atomic mass is 9.76. The zero-order valence-electron chi connectivity index (χ0n) is 11.0. The van der Waals surface area contributed by atoms with Gasteiger partial charge in [0.15, 0.2) is 0 Å². The highest BCUT2D eigenvalue weighted by atomic mass is 79.9. The molecule has 0 aliphatic heterocycles. The lowest BCUT2D eigenvalue weighted by molar-refractivity contribution is 0.220. The van der Waals surface area contributed by atoms with Gasteiger partial charge in [0.25, 0.3) is 0 Å². The maximum atomic E-state index is 13.2. The highest BCUT2D eigenvalue weighted by Crippen LogP contribution is 2.44. The van der Waals surface area contributed by atoms with Gasteiger partial charge in [0.05, 0.1) is 4.47 Å². The van der Waals surface area contributed by atoms with Crippen LogP contribution < -0.4 is 5.73 Å². The first-order chi connectivity index (χ1) is 8.40. The normalized spacial score (nSPS) is 24.2. The van der Waals surface area contributed by atoms with E-state index in [1.807, 2.05) is 12.1 Å². The summed E-state index contributed by atoms with van der Waals surface area (Å²) in [5.74, 6) is 0.356. The van der Waals surface area contributed by atoms with E-state index in [-0.39, 0.29) is 11.9 Å². The maximum Gasteiger partial charge on any atom is 0.137 e. The molecular weight excluding hydrogens is 293 g/mol. The van der Waals surface area contributed by atoms with Crippen LogP contribution in [0.1, 0.15) is 38.7 Å². The molecule has 1 saturated carbocycles. The van der Waals surface area contributed by atoms with Crippen LogP contribution in [0.25, 0.3) is 0 Å². The summed E-state index contributed by atoms with van der Waals surface area (Å²) < 4.78 is 13.7. The van der Waals surface area contributed by atoms with Crippen molar-refractivity contribution in [1.82, 2.24) is 0 Å². The molecule has 1 fully saturated rings. The Morgan fingerprint density at radius 1 is 1.50 bits per heavy atom. The van der Waals surface area contributed by atoms with Gasteiger partial charge in [0, 0.05) is 6.04 Å².